The summed E-state index contributed by atoms with van der Waals surface area (Å²) in [5, 5.41) is 0.0721. The zero-order chi connectivity index (χ0) is 21.0. The van der Waals surface area contributed by atoms with Gasteiger partial charge in [0.1, 0.15) is 0 Å². The molecule has 0 spiro atoms. The molecule has 1 fully saturated rings. The lowest BCUT2D eigenvalue weighted by Crippen LogP contribution is -2.30. The molecule has 1 unspecified atom stereocenters. The number of hydrogen-bond acceptors (Lipinski definition) is 5. The van der Waals surface area contributed by atoms with Crippen LogP contribution in [0.4, 0.5) is 0 Å². The van der Waals surface area contributed by atoms with Crippen molar-refractivity contribution in [2.24, 2.45) is 0 Å². The highest BCUT2D eigenvalue weighted by Gasteiger charge is 2.28. The van der Waals surface area contributed by atoms with E-state index in [1.54, 1.807) is 0 Å². The van der Waals surface area contributed by atoms with E-state index in [2.05, 4.69) is 0 Å². The summed E-state index contributed by atoms with van der Waals surface area (Å²) in [5.41, 5.74) is 0.766. The number of carbonyl (C=O) groups is 2. The number of ketones is 1. The predicted molar refractivity (Wildman–Crippen MR) is 109 cm³/mol. The van der Waals surface area contributed by atoms with Crippen LogP contribution in [0.5, 0.6) is 0 Å². The first-order valence-corrected chi connectivity index (χ1v) is 11.1. The van der Waals surface area contributed by atoms with Gasteiger partial charge in [-0.1, -0.05) is 41.9 Å². The molecule has 1 aliphatic rings. The molecule has 154 valence electrons. The highest BCUT2D eigenvalue weighted by Crippen LogP contribution is 2.26. The van der Waals surface area contributed by atoms with E-state index in [0.29, 0.717) is 12.8 Å². The van der Waals surface area contributed by atoms with Gasteiger partial charge < -0.3 is 4.74 Å². The number of rotatable bonds is 6. The van der Waals surface area contributed by atoms with Gasteiger partial charge in [0.2, 0.25) is 10.0 Å². The van der Waals surface area contributed by atoms with Crippen molar-refractivity contribution in [2.45, 2.75) is 43.2 Å². The number of benzene rings is 2. The highest BCUT2D eigenvalue weighted by molar-refractivity contribution is 7.89. The fourth-order valence-electron chi connectivity index (χ4n) is 3.19. The SMILES string of the molecule is CN(Cc1ccccc1)S(=O)(=O)c1ccc(Cl)c(C(=O)OC2CCCCC2=O)c1. The third-order valence-corrected chi connectivity index (χ3v) is 6.99. The van der Waals surface area contributed by atoms with E-state index >= 15 is 0 Å². The van der Waals surface area contributed by atoms with Crippen molar-refractivity contribution in [3.8, 4) is 0 Å². The molecule has 2 aromatic rings. The van der Waals surface area contributed by atoms with Crippen LogP contribution in [-0.2, 0) is 26.1 Å². The van der Waals surface area contributed by atoms with E-state index in [1.807, 2.05) is 30.3 Å². The van der Waals surface area contributed by atoms with Crippen molar-refractivity contribution in [2.75, 3.05) is 7.05 Å². The molecule has 6 nitrogen and oxygen atoms in total. The Bertz CT molecular complexity index is 1010. The molecule has 3 rings (SSSR count). The van der Waals surface area contributed by atoms with E-state index in [9.17, 15) is 18.0 Å². The molecule has 0 saturated heterocycles. The maximum Gasteiger partial charge on any atom is 0.340 e. The Balaban J connectivity index is 1.81. The Morgan fingerprint density at radius 2 is 1.90 bits per heavy atom. The predicted octanol–water partition coefficient (Wildman–Crippen LogP) is 3.83. The van der Waals surface area contributed by atoms with Gasteiger partial charge in [0, 0.05) is 20.0 Å². The van der Waals surface area contributed by atoms with Crippen LogP contribution in [0.25, 0.3) is 0 Å². The van der Waals surface area contributed by atoms with Crippen LogP contribution in [0.15, 0.2) is 53.4 Å². The molecule has 0 aliphatic heterocycles. The number of carbonyl (C=O) groups excluding carboxylic acids is 2. The number of nitrogens with zero attached hydrogens (tertiary/aromatic N) is 1. The number of hydrogen-bond donors (Lipinski definition) is 0. The fourth-order valence-corrected chi connectivity index (χ4v) is 4.58. The van der Waals surface area contributed by atoms with Gasteiger partial charge in [-0.2, -0.15) is 4.31 Å². The number of halogens is 1. The summed E-state index contributed by atoms with van der Waals surface area (Å²) in [5.74, 6) is -0.912. The van der Waals surface area contributed by atoms with Crippen LogP contribution < -0.4 is 0 Å². The number of ether oxygens (including phenoxy) is 1. The van der Waals surface area contributed by atoms with Crippen LogP contribution in [0.2, 0.25) is 5.02 Å². The lowest BCUT2D eigenvalue weighted by molar-refractivity contribution is -0.129. The number of sulfonamides is 1. The Morgan fingerprint density at radius 3 is 2.59 bits per heavy atom. The lowest BCUT2D eigenvalue weighted by Gasteiger charge is -2.21. The molecule has 1 atom stereocenters. The molecule has 0 amide bonds. The summed E-state index contributed by atoms with van der Waals surface area (Å²) in [6, 6.07) is 13.1. The molecule has 8 heteroatoms. The Labute approximate surface area is 175 Å². The summed E-state index contributed by atoms with van der Waals surface area (Å²) in [7, 11) is -2.39. The molecule has 0 heterocycles. The minimum absolute atomic E-state index is 0.0674. The van der Waals surface area contributed by atoms with Gasteiger partial charge in [-0.3, -0.25) is 4.79 Å². The standard InChI is InChI=1S/C21H22ClNO5S/c1-23(14-15-7-3-2-4-8-15)29(26,27)16-11-12-18(22)17(13-16)21(25)28-20-10-6-5-9-19(20)24/h2-4,7-8,11-13,20H,5-6,9-10,14H2,1H3. The van der Waals surface area contributed by atoms with Gasteiger partial charge in [0.05, 0.1) is 15.5 Å². The van der Waals surface area contributed by atoms with Crippen molar-refractivity contribution in [3.05, 3.63) is 64.7 Å². The topological polar surface area (TPSA) is 80.8 Å². The summed E-state index contributed by atoms with van der Waals surface area (Å²) in [6.45, 7) is 0.183. The smallest absolute Gasteiger partial charge is 0.340 e. The van der Waals surface area contributed by atoms with Crippen LogP contribution in [0, 0.1) is 0 Å². The second kappa shape index (κ2) is 9.07. The van der Waals surface area contributed by atoms with Crippen molar-refractivity contribution >= 4 is 33.4 Å². The third kappa shape index (κ3) is 5.04. The first kappa shape index (κ1) is 21.5. The molecule has 0 radical (unpaired) electrons. The summed E-state index contributed by atoms with van der Waals surface area (Å²) in [6.07, 6.45) is 1.64. The van der Waals surface area contributed by atoms with Gasteiger partial charge in [0.15, 0.2) is 11.9 Å². The molecule has 0 N–H and O–H groups in total. The number of esters is 1. The van der Waals surface area contributed by atoms with Crippen molar-refractivity contribution < 1.29 is 22.7 Å². The third-order valence-electron chi connectivity index (χ3n) is 4.86. The molecule has 0 aromatic heterocycles. The van der Waals surface area contributed by atoms with Gasteiger partial charge in [-0.05, 0) is 43.0 Å². The van der Waals surface area contributed by atoms with Gasteiger partial charge in [-0.25, -0.2) is 13.2 Å². The second-order valence-corrected chi connectivity index (χ2v) is 9.45. The lowest BCUT2D eigenvalue weighted by atomic mass is 9.96. The molecule has 29 heavy (non-hydrogen) atoms. The van der Waals surface area contributed by atoms with E-state index in [-0.39, 0.29) is 27.8 Å². The maximum absolute atomic E-state index is 12.9. The number of Topliss-reactive ketones (excluding diaryl/α,β-unsaturated/α-hetero) is 1. The van der Waals surface area contributed by atoms with E-state index in [4.69, 9.17) is 16.3 Å². The van der Waals surface area contributed by atoms with E-state index < -0.39 is 22.1 Å². The van der Waals surface area contributed by atoms with Crippen LogP contribution in [0.3, 0.4) is 0 Å². The molecule has 2 aromatic carbocycles. The molecular weight excluding hydrogens is 414 g/mol. The average Bonchev–Trinajstić information content (AvgIpc) is 2.70. The monoisotopic (exact) mass is 435 g/mol. The average molecular weight is 436 g/mol. The van der Waals surface area contributed by atoms with Crippen LogP contribution in [-0.4, -0.2) is 37.6 Å². The van der Waals surface area contributed by atoms with E-state index in [1.165, 1.54) is 29.6 Å². The summed E-state index contributed by atoms with van der Waals surface area (Å²) < 4.78 is 32.4. The van der Waals surface area contributed by atoms with Gasteiger partial charge in [0.25, 0.3) is 0 Å². The fraction of sp³-hybridized carbons (Fsp3) is 0.333. The molecular formula is C21H22ClNO5S. The quantitative estimate of drug-likeness (QED) is 0.644. The first-order chi connectivity index (χ1) is 13.8. The zero-order valence-electron chi connectivity index (χ0n) is 16.0. The van der Waals surface area contributed by atoms with E-state index in [0.717, 1.165) is 18.4 Å². The Kier molecular flexibility index (Phi) is 6.72. The minimum Gasteiger partial charge on any atom is -0.451 e. The van der Waals surface area contributed by atoms with Gasteiger partial charge in [-0.15, -0.1) is 0 Å². The molecule has 1 aliphatic carbocycles. The maximum atomic E-state index is 12.9. The summed E-state index contributed by atoms with van der Waals surface area (Å²) in [4.78, 5) is 24.4. The Hall–Kier alpha value is -2.22. The molecule has 1 saturated carbocycles. The van der Waals surface area contributed by atoms with Crippen LogP contribution >= 0.6 is 11.6 Å². The normalized spacial score (nSPS) is 17.3. The van der Waals surface area contributed by atoms with Crippen molar-refractivity contribution in [3.63, 3.8) is 0 Å². The molecule has 0 bridgehead atoms. The largest absolute Gasteiger partial charge is 0.451 e. The second-order valence-electron chi connectivity index (χ2n) is 6.99. The van der Waals surface area contributed by atoms with Crippen LogP contribution in [0.1, 0.15) is 41.6 Å². The highest BCUT2D eigenvalue weighted by atomic mass is 35.5. The minimum atomic E-state index is -3.85. The summed E-state index contributed by atoms with van der Waals surface area (Å²) >= 11 is 6.11. The van der Waals surface area contributed by atoms with Crippen molar-refractivity contribution in [1.82, 2.24) is 4.31 Å². The zero-order valence-corrected chi connectivity index (χ0v) is 17.6. The first-order valence-electron chi connectivity index (χ1n) is 9.32. The Morgan fingerprint density at radius 1 is 1.17 bits per heavy atom. The van der Waals surface area contributed by atoms with Crippen molar-refractivity contribution in [1.29, 1.82) is 0 Å². The van der Waals surface area contributed by atoms with Gasteiger partial charge >= 0.3 is 5.97 Å².